The van der Waals surface area contributed by atoms with Crippen LogP contribution in [0.3, 0.4) is 0 Å². The zero-order valence-electron chi connectivity index (χ0n) is 10.2. The molecule has 0 saturated carbocycles. The normalized spacial score (nSPS) is 13.9. The van der Waals surface area contributed by atoms with Crippen LogP contribution in [0.2, 0.25) is 0 Å². The molecule has 0 saturated heterocycles. The van der Waals surface area contributed by atoms with Crippen molar-refractivity contribution in [1.29, 1.82) is 0 Å². The van der Waals surface area contributed by atoms with Crippen molar-refractivity contribution in [3.05, 3.63) is 0 Å². The molecule has 0 radical (unpaired) electrons. The Morgan fingerprint density at radius 1 is 1.21 bits per heavy atom. The van der Waals surface area contributed by atoms with E-state index in [0.29, 0.717) is 12.0 Å². The Bertz CT molecular complexity index is 122. The lowest BCUT2D eigenvalue weighted by molar-refractivity contribution is 0.271. The fraction of sp³-hybridized carbons (Fsp3) is 1.00. The second kappa shape index (κ2) is 8.21. The van der Waals surface area contributed by atoms with Gasteiger partial charge in [0, 0.05) is 6.04 Å². The summed E-state index contributed by atoms with van der Waals surface area (Å²) in [6, 6.07) is 0.468. The minimum Gasteiger partial charge on any atom is -0.304 e. The minimum absolute atomic E-state index is 0.468. The predicted octanol–water partition coefficient (Wildman–Crippen LogP) is 1.60. The molecule has 0 fully saturated rings. The highest BCUT2D eigenvalue weighted by Gasteiger charge is 2.10. The summed E-state index contributed by atoms with van der Waals surface area (Å²) in [4.78, 5) is 2.44. The van der Waals surface area contributed by atoms with Crippen molar-refractivity contribution < 1.29 is 0 Å². The quantitative estimate of drug-likeness (QED) is 0.463. The highest BCUT2D eigenvalue weighted by Crippen LogP contribution is 2.07. The maximum absolute atomic E-state index is 5.52. The molecule has 1 unspecified atom stereocenters. The van der Waals surface area contributed by atoms with Crippen LogP contribution in [0.25, 0.3) is 0 Å². The van der Waals surface area contributed by atoms with E-state index in [1.165, 1.54) is 0 Å². The van der Waals surface area contributed by atoms with Crippen LogP contribution in [-0.2, 0) is 0 Å². The van der Waals surface area contributed by atoms with Crippen molar-refractivity contribution in [1.82, 2.24) is 10.3 Å². The van der Waals surface area contributed by atoms with E-state index in [1.54, 1.807) is 0 Å². The molecule has 0 aromatic carbocycles. The van der Waals surface area contributed by atoms with Gasteiger partial charge in [0.15, 0.2) is 0 Å². The van der Waals surface area contributed by atoms with Gasteiger partial charge < -0.3 is 4.90 Å². The Balaban J connectivity index is 3.70. The average Bonchev–Trinajstić information content (AvgIpc) is 2.17. The van der Waals surface area contributed by atoms with Crippen molar-refractivity contribution >= 4 is 0 Å². The van der Waals surface area contributed by atoms with E-state index < -0.39 is 0 Å². The average molecular weight is 201 g/mol. The molecule has 0 aliphatic carbocycles. The lowest BCUT2D eigenvalue weighted by Crippen LogP contribution is -2.39. The Kier molecular flexibility index (Phi) is 8.14. The maximum atomic E-state index is 5.52. The number of rotatable bonds is 8. The third-order valence-electron chi connectivity index (χ3n) is 2.68. The Morgan fingerprint density at radius 3 is 2.14 bits per heavy atom. The first-order chi connectivity index (χ1) is 6.63. The third-order valence-corrected chi connectivity index (χ3v) is 2.68. The molecule has 86 valence electrons. The second-order valence-electron chi connectivity index (χ2n) is 4.31. The van der Waals surface area contributed by atoms with Crippen molar-refractivity contribution in [2.45, 2.75) is 46.6 Å². The minimum atomic E-state index is 0.468. The molecule has 3 nitrogen and oxygen atoms in total. The van der Waals surface area contributed by atoms with Crippen LogP contribution in [-0.4, -0.2) is 30.6 Å². The molecule has 0 aliphatic rings. The van der Waals surface area contributed by atoms with Gasteiger partial charge in [0.25, 0.3) is 0 Å². The summed E-state index contributed by atoms with van der Waals surface area (Å²) >= 11 is 0. The van der Waals surface area contributed by atoms with Crippen LogP contribution >= 0.6 is 0 Å². The summed E-state index contributed by atoms with van der Waals surface area (Å²) in [5.41, 5.74) is 2.91. The van der Waals surface area contributed by atoms with Gasteiger partial charge in [-0.2, -0.15) is 0 Å². The molecular weight excluding hydrogens is 174 g/mol. The third kappa shape index (κ3) is 6.35. The number of hydrogen-bond acceptors (Lipinski definition) is 3. The molecule has 0 aromatic heterocycles. The first-order valence-electron chi connectivity index (χ1n) is 5.82. The van der Waals surface area contributed by atoms with Gasteiger partial charge in [-0.1, -0.05) is 27.7 Å². The van der Waals surface area contributed by atoms with Gasteiger partial charge in [-0.25, -0.2) is 0 Å². The van der Waals surface area contributed by atoms with E-state index in [2.05, 4.69) is 38.0 Å². The van der Waals surface area contributed by atoms with Crippen LogP contribution in [0.15, 0.2) is 0 Å². The summed E-state index contributed by atoms with van der Waals surface area (Å²) in [6.45, 7) is 12.3. The van der Waals surface area contributed by atoms with Crippen molar-refractivity contribution in [3.8, 4) is 0 Å². The molecule has 3 N–H and O–H groups in total. The molecule has 1 atom stereocenters. The van der Waals surface area contributed by atoms with Gasteiger partial charge in [0.2, 0.25) is 0 Å². The summed E-state index contributed by atoms with van der Waals surface area (Å²) in [5, 5.41) is 0. The van der Waals surface area contributed by atoms with E-state index in [-0.39, 0.29) is 0 Å². The predicted molar refractivity (Wildman–Crippen MR) is 63.0 cm³/mol. The zero-order valence-corrected chi connectivity index (χ0v) is 10.2. The molecule has 0 heterocycles. The standard InChI is InChI=1S/C11H27N3/c1-5-14(6-2)8-7-11(13-12)9-10(3)4/h10-11,13H,5-9,12H2,1-4H3. The highest BCUT2D eigenvalue weighted by atomic mass is 15.2. The van der Waals surface area contributed by atoms with Gasteiger partial charge in [0.1, 0.15) is 0 Å². The summed E-state index contributed by atoms with van der Waals surface area (Å²) in [6.07, 6.45) is 2.31. The van der Waals surface area contributed by atoms with E-state index >= 15 is 0 Å². The Morgan fingerprint density at radius 2 is 1.79 bits per heavy atom. The lowest BCUT2D eigenvalue weighted by atomic mass is 10.0. The molecule has 0 rings (SSSR count). The lowest BCUT2D eigenvalue weighted by Gasteiger charge is -2.23. The molecule has 0 amide bonds. The molecule has 14 heavy (non-hydrogen) atoms. The largest absolute Gasteiger partial charge is 0.304 e. The van der Waals surface area contributed by atoms with Crippen LogP contribution in [0.1, 0.15) is 40.5 Å². The number of hydrazine groups is 1. The molecule has 0 aliphatic heterocycles. The summed E-state index contributed by atoms with van der Waals surface area (Å²) in [7, 11) is 0. The fourth-order valence-corrected chi connectivity index (χ4v) is 1.72. The Labute approximate surface area is 89.0 Å². The smallest absolute Gasteiger partial charge is 0.0225 e. The topological polar surface area (TPSA) is 41.3 Å². The fourth-order valence-electron chi connectivity index (χ4n) is 1.72. The number of nitrogens with two attached hydrogens (primary N) is 1. The van der Waals surface area contributed by atoms with Crippen LogP contribution in [0.4, 0.5) is 0 Å². The SMILES string of the molecule is CCN(CC)CCC(CC(C)C)NN. The number of hydrogen-bond donors (Lipinski definition) is 2. The van der Waals surface area contributed by atoms with E-state index in [0.717, 1.165) is 32.5 Å². The maximum Gasteiger partial charge on any atom is 0.0225 e. The van der Waals surface area contributed by atoms with E-state index in [9.17, 15) is 0 Å². The molecule has 3 heteroatoms. The molecule has 0 aromatic rings. The first kappa shape index (κ1) is 13.9. The van der Waals surface area contributed by atoms with Crippen molar-refractivity contribution in [2.24, 2.45) is 11.8 Å². The summed E-state index contributed by atoms with van der Waals surface area (Å²) in [5.74, 6) is 6.24. The van der Waals surface area contributed by atoms with Gasteiger partial charge in [-0.15, -0.1) is 0 Å². The van der Waals surface area contributed by atoms with Gasteiger partial charge >= 0.3 is 0 Å². The van der Waals surface area contributed by atoms with Crippen LogP contribution < -0.4 is 11.3 Å². The van der Waals surface area contributed by atoms with Gasteiger partial charge in [0.05, 0.1) is 0 Å². The van der Waals surface area contributed by atoms with E-state index in [4.69, 9.17) is 5.84 Å². The number of nitrogens with zero attached hydrogens (tertiary/aromatic N) is 1. The van der Waals surface area contributed by atoms with Gasteiger partial charge in [-0.3, -0.25) is 11.3 Å². The molecule has 0 bridgehead atoms. The monoisotopic (exact) mass is 201 g/mol. The van der Waals surface area contributed by atoms with Crippen LogP contribution in [0, 0.1) is 5.92 Å². The molecular formula is C11H27N3. The molecule has 0 spiro atoms. The first-order valence-corrected chi connectivity index (χ1v) is 5.82. The van der Waals surface area contributed by atoms with Crippen molar-refractivity contribution in [2.75, 3.05) is 19.6 Å². The van der Waals surface area contributed by atoms with Crippen molar-refractivity contribution in [3.63, 3.8) is 0 Å². The zero-order chi connectivity index (χ0) is 11.0. The van der Waals surface area contributed by atoms with E-state index in [1.807, 2.05) is 0 Å². The highest BCUT2D eigenvalue weighted by molar-refractivity contribution is 4.67. The Hall–Kier alpha value is -0.120. The van der Waals surface area contributed by atoms with Crippen LogP contribution in [0.5, 0.6) is 0 Å². The second-order valence-corrected chi connectivity index (χ2v) is 4.31. The summed E-state index contributed by atoms with van der Waals surface area (Å²) < 4.78 is 0. The number of nitrogens with one attached hydrogen (secondary N) is 1. The van der Waals surface area contributed by atoms with Gasteiger partial charge in [-0.05, 0) is 38.4 Å².